The van der Waals surface area contributed by atoms with Crippen molar-refractivity contribution < 1.29 is 22.9 Å². The largest absolute Gasteiger partial charge is 0.346 e. The smallest absolute Gasteiger partial charge is 0.243 e. The molecule has 1 aromatic carbocycles. The number of benzene rings is 1. The fraction of sp³-hybridized carbons (Fsp3) is 0.375. The zero-order valence-corrected chi connectivity index (χ0v) is 14.4. The van der Waals surface area contributed by atoms with Crippen LogP contribution in [0.15, 0.2) is 22.7 Å². The van der Waals surface area contributed by atoms with E-state index >= 15 is 0 Å². The van der Waals surface area contributed by atoms with Crippen LogP contribution in [0, 0.1) is 11.6 Å². The minimum absolute atomic E-state index is 0.0162. The standard InChI is InChI=1S/C16H19F2N5O3/c1-3-13-21-16(26-22-13)9-23(2)8-15(25)19-7-14(24)20-10-4-5-11(17)12(18)6-10/h4-6H,3,7-9H2,1-2H3,(H,19,25)(H,20,24). The van der Waals surface area contributed by atoms with Gasteiger partial charge in [0.25, 0.3) is 0 Å². The van der Waals surface area contributed by atoms with Gasteiger partial charge in [0.2, 0.25) is 17.7 Å². The van der Waals surface area contributed by atoms with Gasteiger partial charge >= 0.3 is 0 Å². The summed E-state index contributed by atoms with van der Waals surface area (Å²) in [7, 11) is 1.69. The highest BCUT2D eigenvalue weighted by Gasteiger charge is 2.13. The first-order valence-corrected chi connectivity index (χ1v) is 7.89. The van der Waals surface area contributed by atoms with E-state index in [1.165, 1.54) is 6.07 Å². The number of amides is 2. The number of anilines is 1. The maximum atomic E-state index is 13.1. The predicted octanol–water partition coefficient (Wildman–Crippen LogP) is 1.10. The van der Waals surface area contributed by atoms with Crippen molar-refractivity contribution in [2.24, 2.45) is 0 Å². The van der Waals surface area contributed by atoms with Crippen molar-refractivity contribution in [3.8, 4) is 0 Å². The Kier molecular flexibility index (Phi) is 6.73. The average Bonchev–Trinajstić information content (AvgIpc) is 3.03. The first-order valence-electron chi connectivity index (χ1n) is 7.89. The number of rotatable bonds is 8. The second-order valence-corrected chi connectivity index (χ2v) is 5.58. The molecule has 0 aliphatic rings. The van der Waals surface area contributed by atoms with E-state index in [2.05, 4.69) is 20.8 Å². The van der Waals surface area contributed by atoms with Crippen LogP contribution in [0.2, 0.25) is 0 Å². The highest BCUT2D eigenvalue weighted by atomic mass is 19.2. The Morgan fingerprint density at radius 1 is 1.23 bits per heavy atom. The van der Waals surface area contributed by atoms with E-state index in [0.717, 1.165) is 12.1 Å². The third kappa shape index (κ3) is 5.88. The van der Waals surface area contributed by atoms with Crippen LogP contribution >= 0.6 is 0 Å². The van der Waals surface area contributed by atoms with Crippen LogP contribution in [0.1, 0.15) is 18.6 Å². The summed E-state index contributed by atoms with van der Waals surface area (Å²) < 4.78 is 30.9. The van der Waals surface area contributed by atoms with Crippen LogP contribution in [-0.2, 0) is 22.6 Å². The zero-order valence-electron chi connectivity index (χ0n) is 14.4. The van der Waals surface area contributed by atoms with E-state index < -0.39 is 17.5 Å². The molecule has 0 bridgehead atoms. The molecule has 0 spiro atoms. The molecular weight excluding hydrogens is 348 g/mol. The minimum Gasteiger partial charge on any atom is -0.346 e. The fourth-order valence-electron chi connectivity index (χ4n) is 2.04. The van der Waals surface area contributed by atoms with Crippen molar-refractivity contribution in [3.05, 3.63) is 41.5 Å². The molecule has 140 valence electrons. The number of aromatic nitrogens is 2. The molecule has 0 aliphatic heterocycles. The fourth-order valence-corrected chi connectivity index (χ4v) is 2.04. The Labute approximate surface area is 148 Å². The number of carbonyl (C=O) groups excluding carboxylic acids is 2. The van der Waals surface area contributed by atoms with Gasteiger partial charge in [-0.1, -0.05) is 12.1 Å². The number of hydrogen-bond donors (Lipinski definition) is 2. The number of halogens is 2. The first kappa shape index (κ1) is 19.4. The van der Waals surface area contributed by atoms with Crippen LogP contribution in [0.5, 0.6) is 0 Å². The quantitative estimate of drug-likeness (QED) is 0.725. The molecule has 0 aliphatic carbocycles. The summed E-state index contributed by atoms with van der Waals surface area (Å²) in [5, 5.41) is 8.56. The van der Waals surface area contributed by atoms with Crippen molar-refractivity contribution in [1.29, 1.82) is 0 Å². The lowest BCUT2D eigenvalue weighted by atomic mass is 10.3. The van der Waals surface area contributed by atoms with Crippen LogP contribution < -0.4 is 10.6 Å². The molecule has 2 rings (SSSR count). The normalized spacial score (nSPS) is 10.8. The van der Waals surface area contributed by atoms with Gasteiger partial charge in [-0.3, -0.25) is 14.5 Å². The van der Waals surface area contributed by atoms with Gasteiger partial charge in [-0.2, -0.15) is 4.98 Å². The van der Waals surface area contributed by atoms with Crippen molar-refractivity contribution >= 4 is 17.5 Å². The van der Waals surface area contributed by atoms with Crippen LogP contribution in [0.3, 0.4) is 0 Å². The van der Waals surface area contributed by atoms with Crippen LogP contribution in [-0.4, -0.2) is 47.0 Å². The van der Waals surface area contributed by atoms with Crippen molar-refractivity contribution in [1.82, 2.24) is 20.4 Å². The molecule has 0 radical (unpaired) electrons. The lowest BCUT2D eigenvalue weighted by molar-refractivity contribution is -0.124. The SMILES string of the molecule is CCc1noc(CN(C)CC(=O)NCC(=O)Nc2ccc(F)c(F)c2)n1. The molecule has 26 heavy (non-hydrogen) atoms. The summed E-state index contributed by atoms with van der Waals surface area (Å²) in [5.41, 5.74) is 0.100. The Morgan fingerprint density at radius 2 is 2.00 bits per heavy atom. The van der Waals surface area contributed by atoms with E-state index in [-0.39, 0.29) is 24.7 Å². The van der Waals surface area contributed by atoms with Crippen molar-refractivity contribution in [2.45, 2.75) is 19.9 Å². The Morgan fingerprint density at radius 3 is 2.65 bits per heavy atom. The predicted molar refractivity (Wildman–Crippen MR) is 88.0 cm³/mol. The van der Waals surface area contributed by atoms with E-state index in [0.29, 0.717) is 24.7 Å². The topological polar surface area (TPSA) is 100 Å². The summed E-state index contributed by atoms with van der Waals surface area (Å²) in [5.74, 6) is -2.04. The molecular formula is C16H19F2N5O3. The van der Waals surface area contributed by atoms with E-state index in [1.54, 1.807) is 11.9 Å². The highest BCUT2D eigenvalue weighted by Crippen LogP contribution is 2.12. The first-order chi connectivity index (χ1) is 12.4. The molecule has 10 heteroatoms. The molecule has 2 N–H and O–H groups in total. The van der Waals surface area contributed by atoms with Gasteiger partial charge < -0.3 is 15.2 Å². The highest BCUT2D eigenvalue weighted by molar-refractivity contribution is 5.94. The van der Waals surface area contributed by atoms with Gasteiger partial charge in [-0.05, 0) is 19.2 Å². The lowest BCUT2D eigenvalue weighted by Crippen LogP contribution is -2.39. The molecule has 1 heterocycles. The number of nitrogens with one attached hydrogen (secondary N) is 2. The van der Waals surface area contributed by atoms with E-state index in [9.17, 15) is 18.4 Å². The van der Waals surface area contributed by atoms with Gasteiger partial charge in [0.15, 0.2) is 17.5 Å². The maximum Gasteiger partial charge on any atom is 0.243 e. The summed E-state index contributed by atoms with van der Waals surface area (Å²) >= 11 is 0. The van der Waals surface area contributed by atoms with Gasteiger partial charge in [-0.15, -0.1) is 0 Å². The lowest BCUT2D eigenvalue weighted by Gasteiger charge is -2.13. The Balaban J connectivity index is 1.73. The molecule has 0 fully saturated rings. The van der Waals surface area contributed by atoms with Crippen LogP contribution in [0.4, 0.5) is 14.5 Å². The second kappa shape index (κ2) is 8.99. The number of likely N-dealkylation sites (N-methyl/N-ethyl adjacent to an activating group) is 1. The summed E-state index contributed by atoms with van der Waals surface area (Å²) in [6, 6.07) is 2.98. The molecule has 0 saturated carbocycles. The van der Waals surface area contributed by atoms with E-state index in [1.807, 2.05) is 6.92 Å². The second-order valence-electron chi connectivity index (χ2n) is 5.58. The third-order valence-electron chi connectivity index (χ3n) is 3.29. The van der Waals surface area contributed by atoms with Gasteiger partial charge in [0, 0.05) is 18.2 Å². The molecule has 0 unspecified atom stereocenters. The minimum atomic E-state index is -1.07. The molecule has 1 aromatic heterocycles. The molecule has 2 amide bonds. The molecule has 0 saturated heterocycles. The number of nitrogens with zero attached hydrogens (tertiary/aromatic N) is 3. The van der Waals surface area contributed by atoms with Gasteiger partial charge in [-0.25, -0.2) is 8.78 Å². The maximum absolute atomic E-state index is 13.1. The van der Waals surface area contributed by atoms with Crippen LogP contribution in [0.25, 0.3) is 0 Å². The number of carbonyl (C=O) groups is 2. The number of hydrogen-bond acceptors (Lipinski definition) is 6. The van der Waals surface area contributed by atoms with Crippen molar-refractivity contribution in [2.75, 3.05) is 25.5 Å². The molecule has 8 nitrogen and oxygen atoms in total. The summed E-state index contributed by atoms with van der Waals surface area (Å²) in [6.07, 6.45) is 0.654. The zero-order chi connectivity index (χ0) is 19.1. The van der Waals surface area contributed by atoms with E-state index in [4.69, 9.17) is 4.52 Å². The molecule has 2 aromatic rings. The Bertz CT molecular complexity index is 781. The van der Waals surface area contributed by atoms with Gasteiger partial charge in [0.05, 0.1) is 19.6 Å². The summed E-state index contributed by atoms with van der Waals surface area (Å²) in [4.78, 5) is 29.4. The Hall–Kier alpha value is -2.88. The monoisotopic (exact) mass is 367 g/mol. The summed E-state index contributed by atoms with van der Waals surface area (Å²) in [6.45, 7) is 1.91. The number of aryl methyl sites for hydroxylation is 1. The molecule has 0 atom stereocenters. The average molecular weight is 367 g/mol. The third-order valence-corrected chi connectivity index (χ3v) is 3.29. The van der Waals surface area contributed by atoms with Crippen molar-refractivity contribution in [3.63, 3.8) is 0 Å². The van der Waals surface area contributed by atoms with Gasteiger partial charge in [0.1, 0.15) is 0 Å².